The molecule has 10 rings (SSSR count). The van der Waals surface area contributed by atoms with Gasteiger partial charge in [-0.3, -0.25) is 0 Å². The molecule has 0 N–H and O–H groups in total. The largest absolute Gasteiger partial charge is 0.247 e. The van der Waals surface area contributed by atoms with Crippen LogP contribution in [0.25, 0.3) is 99.4 Å². The second-order valence-corrected chi connectivity index (χ2v) is 12.6. The topological polar surface area (TPSA) is 51.6 Å². The van der Waals surface area contributed by atoms with E-state index in [0.29, 0.717) is 17.5 Å². The van der Waals surface area contributed by atoms with Gasteiger partial charge in [-0.2, -0.15) is 0 Å². The van der Waals surface area contributed by atoms with Crippen molar-refractivity contribution in [3.8, 4) is 45.4 Å². The quantitative estimate of drug-likeness (QED) is 0.180. The molecule has 0 aliphatic rings. The van der Waals surface area contributed by atoms with Crippen LogP contribution in [0.2, 0.25) is 0 Å². The molecule has 0 radical (unpaired) electrons. The maximum atomic E-state index is 5.26. The first-order chi connectivity index (χ1) is 24.8. The lowest BCUT2D eigenvalue weighted by Crippen LogP contribution is -2.01. The zero-order valence-electron chi connectivity index (χ0n) is 27.0. The van der Waals surface area contributed by atoms with E-state index in [1.54, 1.807) is 0 Å². The summed E-state index contributed by atoms with van der Waals surface area (Å²) in [5, 5.41) is 10.4. The van der Waals surface area contributed by atoms with E-state index in [4.69, 9.17) is 19.9 Å². The van der Waals surface area contributed by atoms with Crippen LogP contribution in [0.15, 0.2) is 170 Å². The lowest BCUT2D eigenvalue weighted by molar-refractivity contribution is 1.08. The van der Waals surface area contributed by atoms with Crippen molar-refractivity contribution in [1.82, 2.24) is 19.9 Å². The Labute approximate surface area is 288 Å². The highest BCUT2D eigenvalue weighted by atomic mass is 15.0. The van der Waals surface area contributed by atoms with Crippen LogP contribution in [0.4, 0.5) is 0 Å². The highest BCUT2D eigenvalue weighted by Gasteiger charge is 2.18. The summed E-state index contributed by atoms with van der Waals surface area (Å²) in [5.41, 5.74) is 5.75. The third-order valence-corrected chi connectivity index (χ3v) is 9.68. The minimum atomic E-state index is 0.614. The molecule has 0 unspecified atom stereocenters. The molecule has 8 aromatic carbocycles. The molecule has 0 saturated heterocycles. The van der Waals surface area contributed by atoms with Gasteiger partial charge in [0.15, 0.2) is 17.5 Å². The summed E-state index contributed by atoms with van der Waals surface area (Å²) in [6.07, 6.45) is 0. The molecule has 4 nitrogen and oxygen atoms in total. The van der Waals surface area contributed by atoms with Crippen molar-refractivity contribution in [1.29, 1.82) is 0 Å². The summed E-state index contributed by atoms with van der Waals surface area (Å²) in [7, 11) is 0. The summed E-state index contributed by atoms with van der Waals surface area (Å²) in [6, 6.07) is 59.2. The fourth-order valence-electron chi connectivity index (χ4n) is 7.33. The lowest BCUT2D eigenvalue weighted by Gasteiger charge is -2.14. The molecule has 0 aliphatic carbocycles. The van der Waals surface area contributed by atoms with E-state index in [-0.39, 0.29) is 0 Å². The van der Waals surface area contributed by atoms with Gasteiger partial charge in [-0.25, -0.2) is 19.9 Å². The minimum absolute atomic E-state index is 0.614. The van der Waals surface area contributed by atoms with Crippen molar-refractivity contribution in [2.45, 2.75) is 0 Å². The van der Waals surface area contributed by atoms with Crippen molar-refractivity contribution < 1.29 is 0 Å². The number of para-hydroxylation sites is 1. The van der Waals surface area contributed by atoms with E-state index in [9.17, 15) is 0 Å². The normalized spacial score (nSPS) is 11.6. The van der Waals surface area contributed by atoms with Crippen molar-refractivity contribution >= 4 is 54.0 Å². The van der Waals surface area contributed by atoms with E-state index in [0.717, 1.165) is 65.8 Å². The van der Waals surface area contributed by atoms with Gasteiger partial charge in [-0.1, -0.05) is 158 Å². The molecule has 0 saturated carbocycles. The van der Waals surface area contributed by atoms with Gasteiger partial charge in [-0.15, -0.1) is 0 Å². The summed E-state index contributed by atoms with van der Waals surface area (Å²) in [6.45, 7) is 0. The zero-order valence-corrected chi connectivity index (χ0v) is 27.0. The average molecular weight is 637 g/mol. The van der Waals surface area contributed by atoms with Crippen LogP contribution in [0.5, 0.6) is 0 Å². The number of rotatable bonds is 4. The Morgan fingerprint density at radius 1 is 0.300 bits per heavy atom. The van der Waals surface area contributed by atoms with E-state index in [2.05, 4.69) is 170 Å². The second kappa shape index (κ2) is 11.4. The molecule has 0 atom stereocenters. The Balaban J connectivity index is 1.22. The molecule has 0 aliphatic heterocycles. The number of aromatic nitrogens is 4. The Morgan fingerprint density at radius 3 is 1.48 bits per heavy atom. The van der Waals surface area contributed by atoms with Crippen LogP contribution in [0.3, 0.4) is 0 Å². The van der Waals surface area contributed by atoms with Crippen LogP contribution < -0.4 is 0 Å². The third kappa shape index (κ3) is 4.61. The molecule has 2 heterocycles. The third-order valence-electron chi connectivity index (χ3n) is 9.68. The number of hydrogen-bond acceptors (Lipinski definition) is 4. The molecule has 232 valence electrons. The Kier molecular flexibility index (Phi) is 6.46. The number of fused-ring (bicyclic) bond motifs is 7. The molecule has 4 heteroatoms. The molecular formula is C46H28N4. The monoisotopic (exact) mass is 636 g/mol. The summed E-state index contributed by atoms with van der Waals surface area (Å²) < 4.78 is 0. The van der Waals surface area contributed by atoms with Crippen molar-refractivity contribution in [2.75, 3.05) is 0 Å². The van der Waals surface area contributed by atoms with Crippen LogP contribution in [0, 0.1) is 0 Å². The molecular weight excluding hydrogens is 609 g/mol. The maximum Gasteiger partial charge on any atom is 0.164 e. The standard InChI is InChI=1S/C46H28N4/c1-4-19-34-29(12-1)15-10-23-37(34)45-48-44(49-46(50-45)38-24-11-16-30-13-2-5-20-35(30)38)33-18-9-17-32(28-33)43-40-27-26-31-14-3-6-21-36(31)42(40)39-22-7-8-25-41(39)47-43/h1-28H. The van der Waals surface area contributed by atoms with E-state index < -0.39 is 0 Å². The van der Waals surface area contributed by atoms with Gasteiger partial charge in [0.2, 0.25) is 0 Å². The van der Waals surface area contributed by atoms with Gasteiger partial charge in [0, 0.05) is 38.4 Å². The van der Waals surface area contributed by atoms with Crippen molar-refractivity contribution in [3.63, 3.8) is 0 Å². The van der Waals surface area contributed by atoms with Crippen LogP contribution >= 0.6 is 0 Å². The van der Waals surface area contributed by atoms with Crippen LogP contribution in [0.1, 0.15) is 0 Å². The summed E-state index contributed by atoms with van der Waals surface area (Å²) in [5.74, 6) is 1.89. The highest BCUT2D eigenvalue weighted by Crippen LogP contribution is 2.38. The van der Waals surface area contributed by atoms with Crippen molar-refractivity contribution in [3.05, 3.63) is 170 Å². The Morgan fingerprint density at radius 2 is 0.800 bits per heavy atom. The van der Waals surface area contributed by atoms with E-state index in [1.165, 1.54) is 16.2 Å². The van der Waals surface area contributed by atoms with Gasteiger partial charge in [0.1, 0.15) is 0 Å². The van der Waals surface area contributed by atoms with Crippen LogP contribution in [-0.2, 0) is 0 Å². The zero-order chi connectivity index (χ0) is 33.0. The average Bonchev–Trinajstić information content (AvgIpc) is 3.19. The first-order valence-electron chi connectivity index (χ1n) is 16.8. The van der Waals surface area contributed by atoms with Gasteiger partial charge in [0.25, 0.3) is 0 Å². The fourth-order valence-corrected chi connectivity index (χ4v) is 7.33. The molecule has 0 spiro atoms. The number of pyridine rings is 1. The SMILES string of the molecule is c1cc(-c2nc(-c3cccc4ccccc34)nc(-c3cccc4ccccc34)n2)cc(-c2nc3ccccc3c3c2ccc2ccccc23)c1. The first-order valence-corrected chi connectivity index (χ1v) is 16.8. The smallest absolute Gasteiger partial charge is 0.164 e. The van der Waals surface area contributed by atoms with E-state index >= 15 is 0 Å². The molecule has 50 heavy (non-hydrogen) atoms. The molecule has 0 fully saturated rings. The fraction of sp³-hybridized carbons (Fsp3) is 0. The summed E-state index contributed by atoms with van der Waals surface area (Å²) in [4.78, 5) is 20.8. The minimum Gasteiger partial charge on any atom is -0.247 e. The predicted octanol–water partition coefficient (Wildman–Crippen LogP) is 11.7. The number of benzene rings is 8. The van der Waals surface area contributed by atoms with Gasteiger partial charge in [0.05, 0.1) is 11.2 Å². The lowest BCUT2D eigenvalue weighted by atomic mass is 9.95. The highest BCUT2D eigenvalue weighted by molar-refractivity contribution is 6.22. The molecule has 0 amide bonds. The van der Waals surface area contributed by atoms with Gasteiger partial charge < -0.3 is 0 Å². The van der Waals surface area contributed by atoms with Crippen molar-refractivity contribution in [2.24, 2.45) is 0 Å². The van der Waals surface area contributed by atoms with E-state index in [1.807, 2.05) is 0 Å². The summed E-state index contributed by atoms with van der Waals surface area (Å²) >= 11 is 0. The molecule has 2 aromatic heterocycles. The second-order valence-electron chi connectivity index (χ2n) is 12.6. The predicted molar refractivity (Wildman–Crippen MR) is 207 cm³/mol. The Bertz CT molecular complexity index is 2820. The van der Waals surface area contributed by atoms with Gasteiger partial charge >= 0.3 is 0 Å². The van der Waals surface area contributed by atoms with Crippen LogP contribution in [-0.4, -0.2) is 19.9 Å². The molecule has 0 bridgehead atoms. The Hall–Kier alpha value is -6.78. The maximum absolute atomic E-state index is 5.26. The molecule has 10 aromatic rings. The first kappa shape index (κ1) is 28.3. The number of hydrogen-bond donors (Lipinski definition) is 0. The number of nitrogens with zero attached hydrogens (tertiary/aromatic N) is 4. The van der Waals surface area contributed by atoms with Gasteiger partial charge in [-0.05, 0) is 44.5 Å².